The van der Waals surface area contributed by atoms with Crippen molar-refractivity contribution in [1.82, 2.24) is 0 Å². The Morgan fingerprint density at radius 2 is 2.18 bits per heavy atom. The van der Waals surface area contributed by atoms with Gasteiger partial charge in [0.25, 0.3) is 0 Å². The van der Waals surface area contributed by atoms with Gasteiger partial charge in [-0.25, -0.2) is 0 Å². The number of anilines is 1. The Morgan fingerprint density at radius 1 is 1.35 bits per heavy atom. The minimum absolute atomic E-state index is 0.699. The molecule has 0 amide bonds. The molecule has 1 heterocycles. The summed E-state index contributed by atoms with van der Waals surface area (Å²) in [5.41, 5.74) is 1.93. The lowest BCUT2D eigenvalue weighted by molar-refractivity contribution is 0.415. The molecule has 0 aliphatic heterocycles. The third-order valence-corrected chi connectivity index (χ3v) is 3.55. The van der Waals surface area contributed by atoms with Crippen molar-refractivity contribution in [3.63, 3.8) is 0 Å². The van der Waals surface area contributed by atoms with Crippen LogP contribution in [0.15, 0.2) is 30.3 Å². The van der Waals surface area contributed by atoms with Crippen molar-refractivity contribution in [3.05, 3.63) is 35.2 Å². The van der Waals surface area contributed by atoms with Crippen LogP contribution < -0.4 is 10.1 Å². The minimum Gasteiger partial charge on any atom is -0.497 e. The summed E-state index contributed by atoms with van der Waals surface area (Å²) in [4.78, 5) is 1.76. The van der Waals surface area contributed by atoms with E-state index >= 15 is 0 Å². The minimum atomic E-state index is 0.699. The number of ether oxygens (including phenoxy) is 1. The van der Waals surface area contributed by atoms with Gasteiger partial charge in [-0.05, 0) is 23.8 Å². The molecule has 0 saturated carbocycles. The topological polar surface area (TPSA) is 45.0 Å². The van der Waals surface area contributed by atoms with Gasteiger partial charge < -0.3 is 10.1 Å². The summed E-state index contributed by atoms with van der Waals surface area (Å²) in [6, 6.07) is 12.0. The average molecular weight is 244 g/mol. The second kappa shape index (κ2) is 4.89. The molecule has 3 nitrogen and oxygen atoms in total. The van der Waals surface area contributed by atoms with Crippen LogP contribution in [-0.2, 0) is 0 Å². The van der Waals surface area contributed by atoms with Crippen molar-refractivity contribution in [2.45, 2.75) is 0 Å². The predicted molar refractivity (Wildman–Crippen MR) is 70.6 cm³/mol. The zero-order chi connectivity index (χ0) is 12.3. The van der Waals surface area contributed by atoms with Gasteiger partial charge in [0.05, 0.1) is 12.8 Å². The van der Waals surface area contributed by atoms with Crippen LogP contribution in [0.5, 0.6) is 5.75 Å². The van der Waals surface area contributed by atoms with Crippen molar-refractivity contribution in [2.24, 2.45) is 0 Å². The number of nitriles is 1. The maximum atomic E-state index is 9.01. The van der Waals surface area contributed by atoms with Gasteiger partial charge in [0.2, 0.25) is 0 Å². The van der Waals surface area contributed by atoms with Gasteiger partial charge in [0.1, 0.15) is 16.7 Å². The summed E-state index contributed by atoms with van der Waals surface area (Å²) in [5, 5.41) is 12.0. The molecule has 0 spiro atoms. The molecule has 0 fully saturated rings. The lowest BCUT2D eigenvalue weighted by Crippen LogP contribution is -1.86. The number of hydrogen-bond donors (Lipinski definition) is 1. The summed E-state index contributed by atoms with van der Waals surface area (Å²) in [6.45, 7) is 0. The first-order valence-electron chi connectivity index (χ1n) is 5.14. The first-order valence-corrected chi connectivity index (χ1v) is 5.96. The van der Waals surface area contributed by atoms with Crippen molar-refractivity contribution in [3.8, 4) is 22.3 Å². The van der Waals surface area contributed by atoms with Crippen LogP contribution in [0.1, 0.15) is 4.88 Å². The van der Waals surface area contributed by atoms with Gasteiger partial charge in [0, 0.05) is 11.9 Å². The smallest absolute Gasteiger partial charge is 0.128 e. The van der Waals surface area contributed by atoms with E-state index < -0.39 is 0 Å². The highest BCUT2D eigenvalue weighted by Gasteiger charge is 2.09. The Balaban J connectivity index is 2.46. The summed E-state index contributed by atoms with van der Waals surface area (Å²) in [6.07, 6.45) is 0. The Labute approximate surface area is 104 Å². The molecule has 0 aliphatic carbocycles. The maximum Gasteiger partial charge on any atom is 0.128 e. The average Bonchev–Trinajstić information content (AvgIpc) is 2.82. The molecule has 4 heteroatoms. The second-order valence-electron chi connectivity index (χ2n) is 3.45. The van der Waals surface area contributed by atoms with Crippen LogP contribution >= 0.6 is 11.3 Å². The zero-order valence-electron chi connectivity index (χ0n) is 9.65. The Bertz CT molecular complexity index is 569. The Morgan fingerprint density at radius 3 is 2.76 bits per heavy atom. The van der Waals surface area contributed by atoms with Crippen molar-refractivity contribution >= 4 is 17.0 Å². The molecule has 86 valence electrons. The van der Waals surface area contributed by atoms with Gasteiger partial charge >= 0.3 is 0 Å². The van der Waals surface area contributed by atoms with Crippen LogP contribution in [0.2, 0.25) is 0 Å². The van der Waals surface area contributed by atoms with Crippen LogP contribution in [0, 0.1) is 11.3 Å². The van der Waals surface area contributed by atoms with E-state index in [0.29, 0.717) is 4.88 Å². The van der Waals surface area contributed by atoms with Gasteiger partial charge in [-0.1, -0.05) is 12.1 Å². The van der Waals surface area contributed by atoms with Gasteiger partial charge in [-0.2, -0.15) is 5.26 Å². The van der Waals surface area contributed by atoms with Gasteiger partial charge in [-0.3, -0.25) is 0 Å². The summed E-state index contributed by atoms with van der Waals surface area (Å²) in [7, 11) is 3.46. The summed E-state index contributed by atoms with van der Waals surface area (Å²) < 4.78 is 5.19. The number of rotatable bonds is 3. The lowest BCUT2D eigenvalue weighted by atomic mass is 10.2. The summed E-state index contributed by atoms with van der Waals surface area (Å²) >= 11 is 1.48. The molecule has 1 aromatic carbocycles. The molecule has 0 saturated heterocycles. The molecule has 1 N–H and O–H groups in total. The van der Waals surface area contributed by atoms with Crippen molar-refractivity contribution in [1.29, 1.82) is 5.26 Å². The molecule has 2 rings (SSSR count). The fraction of sp³-hybridized carbons (Fsp3) is 0.154. The molecule has 0 unspecified atom stereocenters. The second-order valence-corrected chi connectivity index (χ2v) is 4.50. The third-order valence-electron chi connectivity index (χ3n) is 2.46. The Kier molecular flexibility index (Phi) is 3.31. The van der Waals surface area contributed by atoms with E-state index in [1.807, 2.05) is 37.4 Å². The molecule has 0 atom stereocenters. The highest BCUT2D eigenvalue weighted by molar-refractivity contribution is 7.16. The van der Waals surface area contributed by atoms with Crippen LogP contribution in [0.3, 0.4) is 0 Å². The van der Waals surface area contributed by atoms with Gasteiger partial charge in [-0.15, -0.1) is 11.3 Å². The SMILES string of the molecule is CNc1cc(-c2cccc(OC)c2)sc1C#N. The third kappa shape index (κ3) is 2.24. The van der Waals surface area contributed by atoms with E-state index in [9.17, 15) is 0 Å². The van der Waals surface area contributed by atoms with E-state index in [4.69, 9.17) is 10.00 Å². The highest BCUT2D eigenvalue weighted by Crippen LogP contribution is 2.35. The van der Waals surface area contributed by atoms with Crippen molar-refractivity contribution < 1.29 is 4.74 Å². The quantitative estimate of drug-likeness (QED) is 0.900. The number of hydrogen-bond acceptors (Lipinski definition) is 4. The first-order chi connectivity index (χ1) is 8.28. The fourth-order valence-corrected chi connectivity index (χ4v) is 2.54. The zero-order valence-corrected chi connectivity index (χ0v) is 10.5. The monoisotopic (exact) mass is 244 g/mol. The number of thiophene rings is 1. The standard InChI is InChI=1S/C13H12N2OS/c1-15-11-7-12(17-13(11)8-14)9-4-3-5-10(6-9)16-2/h3-7,15H,1-2H3. The van der Waals surface area contributed by atoms with E-state index in [-0.39, 0.29) is 0 Å². The first kappa shape index (κ1) is 11.5. The molecule has 2 aromatic rings. The Hall–Kier alpha value is -1.99. The molecule has 0 aliphatic rings. The molecule has 0 bridgehead atoms. The van der Waals surface area contributed by atoms with Crippen molar-refractivity contribution in [2.75, 3.05) is 19.5 Å². The van der Waals surface area contributed by atoms with Crippen LogP contribution in [0.25, 0.3) is 10.4 Å². The van der Waals surface area contributed by atoms with Crippen LogP contribution in [0.4, 0.5) is 5.69 Å². The molecule has 0 radical (unpaired) electrons. The molecular formula is C13H12N2OS. The number of nitrogens with zero attached hydrogens (tertiary/aromatic N) is 1. The van der Waals surface area contributed by atoms with E-state index in [1.54, 1.807) is 7.11 Å². The number of nitrogens with one attached hydrogen (secondary N) is 1. The predicted octanol–water partition coefficient (Wildman–Crippen LogP) is 3.34. The molecule has 1 aromatic heterocycles. The lowest BCUT2D eigenvalue weighted by Gasteiger charge is -2.01. The normalized spacial score (nSPS) is 9.71. The van der Waals surface area contributed by atoms with E-state index in [1.165, 1.54) is 11.3 Å². The van der Waals surface area contributed by atoms with E-state index in [0.717, 1.165) is 21.9 Å². The van der Waals surface area contributed by atoms with E-state index in [2.05, 4.69) is 11.4 Å². The van der Waals surface area contributed by atoms with Crippen LogP contribution in [-0.4, -0.2) is 14.2 Å². The largest absolute Gasteiger partial charge is 0.497 e. The summed E-state index contributed by atoms with van der Waals surface area (Å²) in [5.74, 6) is 0.820. The number of benzene rings is 1. The van der Waals surface area contributed by atoms with Gasteiger partial charge in [0.15, 0.2) is 0 Å². The molecular weight excluding hydrogens is 232 g/mol. The fourth-order valence-electron chi connectivity index (χ4n) is 1.58. The maximum absolute atomic E-state index is 9.01. The number of methoxy groups -OCH3 is 1. The molecule has 17 heavy (non-hydrogen) atoms. The highest BCUT2D eigenvalue weighted by atomic mass is 32.1.